The molecule has 0 unspecified atom stereocenters. The first-order chi connectivity index (χ1) is 5.95. The van der Waals surface area contributed by atoms with Gasteiger partial charge in [0.15, 0.2) is 10.1 Å². The Morgan fingerprint density at radius 3 is 2.15 bits per heavy atom. The lowest BCUT2D eigenvalue weighted by molar-refractivity contribution is -0.139. The average Bonchev–Trinajstić information content (AvgIpc) is 2.13. The monoisotopic (exact) mass is 338 g/mol. The molecular weight excluding hydrogens is 331 g/mol. The summed E-state index contributed by atoms with van der Waals surface area (Å²) in [6, 6.07) is 0. The summed E-state index contributed by atoms with van der Waals surface area (Å²) < 4.78 is 24.4. The third-order valence-electron chi connectivity index (χ3n) is 1.10. The van der Waals surface area contributed by atoms with Crippen molar-refractivity contribution < 1.29 is 23.1 Å². The minimum absolute atomic E-state index is 0.396. The fourth-order valence-electron chi connectivity index (χ4n) is 0.386. The van der Waals surface area contributed by atoms with Gasteiger partial charge in [0.2, 0.25) is 0 Å². The second-order valence-electron chi connectivity index (χ2n) is 1.87. The summed E-state index contributed by atoms with van der Waals surface area (Å²) >= 11 is 5.84. The van der Waals surface area contributed by atoms with Gasteiger partial charge in [-0.1, -0.05) is 31.9 Å². The van der Waals surface area contributed by atoms with Crippen LogP contribution in [-0.4, -0.2) is 30.3 Å². The number of hydrogen-bond donors (Lipinski definition) is 0. The molecule has 0 spiro atoms. The molecule has 0 aromatic heterocycles. The van der Waals surface area contributed by atoms with Crippen LogP contribution in [-0.2, 0) is 23.1 Å². The Kier molecular flexibility index (Phi) is 6.41. The molecule has 78 valence electrons. The lowest BCUT2D eigenvalue weighted by Gasteiger charge is -2.13. The van der Waals surface area contributed by atoms with Gasteiger partial charge in [0.05, 0.1) is 0 Å². The van der Waals surface area contributed by atoms with Crippen LogP contribution in [0.15, 0.2) is 0 Å². The van der Waals surface area contributed by atoms with E-state index in [2.05, 4.69) is 45.6 Å². The first-order valence-electron chi connectivity index (χ1n) is 3.10. The molecule has 0 saturated carbocycles. The van der Waals surface area contributed by atoms with Crippen LogP contribution in [0.4, 0.5) is 0 Å². The van der Waals surface area contributed by atoms with Crippen LogP contribution >= 0.6 is 39.5 Å². The fraction of sp³-hybridized carbons (Fsp3) is 0.800. The molecule has 0 fully saturated rings. The van der Waals surface area contributed by atoms with E-state index in [1.807, 2.05) is 0 Å². The maximum absolute atomic E-state index is 11.3. The highest BCUT2D eigenvalue weighted by molar-refractivity contribution is 9.25. The van der Waals surface area contributed by atoms with Crippen LogP contribution in [0.3, 0.4) is 0 Å². The van der Waals surface area contributed by atoms with E-state index in [9.17, 15) is 9.36 Å². The van der Waals surface area contributed by atoms with Gasteiger partial charge >= 0.3 is 13.6 Å². The molecule has 13 heavy (non-hydrogen) atoms. The second kappa shape index (κ2) is 6.14. The standard InChI is InChI=1S/C5H9Br2O5P/c1-10-13(9,11-2)3-12-5(8)4(6)7/h4H,3H2,1-2H3. The summed E-state index contributed by atoms with van der Waals surface area (Å²) in [5.41, 5.74) is 0. The Hall–Kier alpha value is 0.580. The minimum atomic E-state index is -3.26. The summed E-state index contributed by atoms with van der Waals surface area (Å²) in [5.74, 6) is -0.589. The van der Waals surface area contributed by atoms with Crippen molar-refractivity contribution in [3.05, 3.63) is 0 Å². The van der Waals surface area contributed by atoms with E-state index in [-0.39, 0.29) is 0 Å². The van der Waals surface area contributed by atoms with Crippen LogP contribution in [0.25, 0.3) is 0 Å². The second-order valence-corrected chi connectivity index (χ2v) is 7.14. The molecule has 0 saturated heterocycles. The molecule has 0 aromatic carbocycles. The zero-order chi connectivity index (χ0) is 10.5. The molecular formula is C5H9Br2O5P. The zero-order valence-electron chi connectivity index (χ0n) is 7.03. The van der Waals surface area contributed by atoms with Crippen LogP contribution in [0.2, 0.25) is 0 Å². The van der Waals surface area contributed by atoms with Crippen molar-refractivity contribution in [1.82, 2.24) is 0 Å². The van der Waals surface area contributed by atoms with E-state index in [1.165, 1.54) is 14.2 Å². The number of hydrogen-bond acceptors (Lipinski definition) is 5. The summed E-state index contributed by atoms with van der Waals surface area (Å²) in [5, 5.41) is 0. The quantitative estimate of drug-likeness (QED) is 0.436. The van der Waals surface area contributed by atoms with E-state index >= 15 is 0 Å². The van der Waals surface area contributed by atoms with Gasteiger partial charge in [0, 0.05) is 14.2 Å². The summed E-state index contributed by atoms with van der Waals surface area (Å²) in [7, 11) is -0.819. The van der Waals surface area contributed by atoms with Crippen LogP contribution in [0.1, 0.15) is 0 Å². The highest BCUT2D eigenvalue weighted by atomic mass is 79.9. The topological polar surface area (TPSA) is 61.8 Å². The number of alkyl halides is 2. The first kappa shape index (κ1) is 13.6. The van der Waals surface area contributed by atoms with Crippen LogP contribution in [0, 0.1) is 0 Å². The maximum Gasteiger partial charge on any atom is 0.367 e. The molecule has 0 aromatic rings. The fourth-order valence-corrected chi connectivity index (χ4v) is 1.30. The third-order valence-corrected chi connectivity index (χ3v) is 3.41. The van der Waals surface area contributed by atoms with E-state index in [0.29, 0.717) is 0 Å². The number of rotatable bonds is 5. The molecule has 0 amide bonds. The lowest BCUT2D eigenvalue weighted by atomic mass is 10.8. The predicted octanol–water partition coefficient (Wildman–Crippen LogP) is 2.09. The molecule has 0 atom stereocenters. The van der Waals surface area contributed by atoms with Gasteiger partial charge in [-0.25, -0.2) is 4.79 Å². The van der Waals surface area contributed by atoms with Gasteiger partial charge in [-0.3, -0.25) is 4.57 Å². The Morgan fingerprint density at radius 1 is 1.38 bits per heavy atom. The summed E-state index contributed by atoms with van der Waals surface area (Å²) in [6.07, 6.45) is -0.396. The number of ether oxygens (including phenoxy) is 1. The largest absolute Gasteiger partial charge is 0.451 e. The van der Waals surface area contributed by atoms with Crippen molar-refractivity contribution in [1.29, 1.82) is 0 Å². The zero-order valence-corrected chi connectivity index (χ0v) is 11.1. The molecule has 0 aliphatic heterocycles. The number of halogens is 2. The minimum Gasteiger partial charge on any atom is -0.451 e. The highest BCUT2D eigenvalue weighted by Gasteiger charge is 2.24. The van der Waals surface area contributed by atoms with E-state index < -0.39 is 23.6 Å². The third kappa shape index (κ3) is 5.12. The Bertz CT molecular complexity index is 211. The SMILES string of the molecule is COP(=O)(COC(=O)C(Br)Br)OC. The van der Waals surface area contributed by atoms with E-state index in [1.54, 1.807) is 0 Å². The van der Waals surface area contributed by atoms with Crippen molar-refractivity contribution in [2.45, 2.75) is 3.74 Å². The Morgan fingerprint density at radius 2 is 1.85 bits per heavy atom. The molecule has 0 heterocycles. The number of esters is 1. The van der Waals surface area contributed by atoms with Crippen LogP contribution < -0.4 is 0 Å². The van der Waals surface area contributed by atoms with Crippen molar-refractivity contribution in [3.8, 4) is 0 Å². The Labute approximate surface area is 92.9 Å². The van der Waals surface area contributed by atoms with Crippen LogP contribution in [0.5, 0.6) is 0 Å². The lowest BCUT2D eigenvalue weighted by Crippen LogP contribution is -2.13. The Balaban J connectivity index is 4.01. The van der Waals surface area contributed by atoms with Crippen molar-refractivity contribution >= 4 is 45.4 Å². The molecule has 0 radical (unpaired) electrons. The molecule has 0 N–H and O–H groups in total. The van der Waals surface area contributed by atoms with Gasteiger partial charge in [0.25, 0.3) is 0 Å². The van der Waals surface area contributed by atoms with Gasteiger partial charge in [-0.05, 0) is 0 Å². The molecule has 0 aliphatic carbocycles. The highest BCUT2D eigenvalue weighted by Crippen LogP contribution is 2.46. The smallest absolute Gasteiger partial charge is 0.367 e. The number of carbonyl (C=O) groups is 1. The van der Waals surface area contributed by atoms with Crippen molar-refractivity contribution in [2.24, 2.45) is 0 Å². The van der Waals surface area contributed by atoms with Gasteiger partial charge in [0.1, 0.15) is 0 Å². The number of carbonyl (C=O) groups excluding carboxylic acids is 1. The molecule has 0 aliphatic rings. The average molecular weight is 340 g/mol. The van der Waals surface area contributed by atoms with Crippen molar-refractivity contribution in [2.75, 3.05) is 20.6 Å². The molecule has 0 bridgehead atoms. The summed E-state index contributed by atoms with van der Waals surface area (Å²) in [6.45, 7) is 0. The van der Waals surface area contributed by atoms with Gasteiger partial charge in [-0.15, -0.1) is 0 Å². The normalized spacial score (nSPS) is 11.8. The van der Waals surface area contributed by atoms with E-state index in [4.69, 9.17) is 0 Å². The summed E-state index contributed by atoms with van der Waals surface area (Å²) in [4.78, 5) is 10.9. The maximum atomic E-state index is 11.3. The first-order valence-corrected chi connectivity index (χ1v) is 6.66. The van der Waals surface area contributed by atoms with Gasteiger partial charge < -0.3 is 13.8 Å². The molecule has 8 heteroatoms. The van der Waals surface area contributed by atoms with E-state index in [0.717, 1.165) is 0 Å². The molecule has 5 nitrogen and oxygen atoms in total. The van der Waals surface area contributed by atoms with Crippen molar-refractivity contribution in [3.63, 3.8) is 0 Å². The van der Waals surface area contributed by atoms with Gasteiger partial charge in [-0.2, -0.15) is 0 Å². The predicted molar refractivity (Wildman–Crippen MR) is 54.2 cm³/mol. The molecule has 0 rings (SSSR count).